The molecule has 0 atom stereocenters. The molecule has 20 heteroatoms. The molecule has 0 N–H and O–H groups in total. The van der Waals surface area contributed by atoms with Crippen molar-refractivity contribution in [2.75, 3.05) is 0 Å². The van der Waals surface area contributed by atoms with Crippen LogP contribution in [0.2, 0.25) is 5.15 Å². The Kier molecular flexibility index (Phi) is 11.4. The van der Waals surface area contributed by atoms with Gasteiger partial charge >= 0.3 is 0 Å². The van der Waals surface area contributed by atoms with Crippen LogP contribution >= 0.6 is 11.6 Å². The molecule has 172 valence electrons. The second-order valence-corrected chi connectivity index (χ2v) is 10.5. The van der Waals surface area contributed by atoms with Gasteiger partial charge in [-0.1, -0.05) is 66.2 Å². The zero-order valence-corrected chi connectivity index (χ0v) is 23.7. The van der Waals surface area contributed by atoms with Crippen molar-refractivity contribution in [3.63, 3.8) is 0 Å². The van der Waals surface area contributed by atoms with Crippen molar-refractivity contribution in [1.82, 2.24) is 9.97 Å². The van der Waals surface area contributed by atoms with Crippen LogP contribution in [0, 0.1) is 0 Å². The Bertz CT molecular complexity index is 1610. The van der Waals surface area contributed by atoms with E-state index in [1.165, 1.54) is 0 Å². The number of furan rings is 1. The third-order valence-corrected chi connectivity index (χ3v) is 7.26. The van der Waals surface area contributed by atoms with Crippen LogP contribution < -0.4 is 0 Å². The predicted molar refractivity (Wildman–Crippen MR) is 197 cm³/mol. The summed E-state index contributed by atoms with van der Waals surface area (Å²) in [5.74, 6) is 0.609. The zero-order valence-electron chi connectivity index (χ0n) is 22.9. The van der Waals surface area contributed by atoms with E-state index in [2.05, 4.69) is 17.1 Å². The van der Waals surface area contributed by atoms with Gasteiger partial charge in [-0.05, 0) is 18.2 Å². The van der Waals surface area contributed by atoms with Crippen LogP contribution in [0.3, 0.4) is 0 Å². The summed E-state index contributed by atoms with van der Waals surface area (Å²) in [6.07, 6.45) is -5.02. The summed E-state index contributed by atoms with van der Waals surface area (Å²) in [5.41, 5.74) is 4.36. The van der Waals surface area contributed by atoms with Gasteiger partial charge in [0.15, 0.2) is 5.82 Å². The topological polar surface area (TPSA) is 38.9 Å². The fourth-order valence-corrected chi connectivity index (χ4v) is 5.15. The maximum absolute atomic E-state index is 6.26. The van der Waals surface area contributed by atoms with Crippen molar-refractivity contribution in [1.29, 1.82) is 0 Å². The average Bonchev–Trinajstić information content (AvgIpc) is 3.33. The van der Waals surface area contributed by atoms with Crippen LogP contribution in [-0.4, -0.2) is 124 Å². The predicted octanol–water partition coefficient (Wildman–Crippen LogP) is 0.271. The van der Waals surface area contributed by atoms with E-state index in [4.69, 9.17) is 90.6 Å². The van der Waals surface area contributed by atoms with Crippen molar-refractivity contribution in [3.8, 4) is 22.6 Å². The van der Waals surface area contributed by atoms with Gasteiger partial charge in [0, 0.05) is 142 Å². The van der Waals surface area contributed by atoms with Crippen LogP contribution in [0.15, 0.2) is 83.3 Å². The normalized spacial score (nSPS) is 10.4. The number of hydrogen-bond acceptors (Lipinski definition) is 3. The second kappa shape index (κ2) is 14.6. The minimum Gasteiger partial charge on any atom is -0.456 e. The molecule has 3 nitrogen and oxygen atoms in total. The number of nitrogens with zero attached hydrogens (tertiary/aromatic N) is 2. The SMILES string of the molecule is Clc1cc(-c2ccc3c(c2)oc2ccccc23)nc(-c2ccccc2)n1.[B]B([B])B([B])B(B([B])[B])B(B([B])[B])B([B])[B]. The fraction of sp³-hybridized carbons (Fsp3) is 0. The van der Waals surface area contributed by atoms with Crippen molar-refractivity contribution in [2.45, 2.75) is 0 Å². The van der Waals surface area contributed by atoms with Crippen molar-refractivity contribution >= 4 is 148 Å². The summed E-state index contributed by atoms with van der Waals surface area (Å²) in [5, 5.41) is 2.62. The molecular weight excluding hydrogens is 517 g/mol. The second-order valence-electron chi connectivity index (χ2n) is 10.1. The maximum atomic E-state index is 6.26. The van der Waals surface area contributed by atoms with Crippen molar-refractivity contribution in [3.05, 3.63) is 84.0 Å². The molecule has 0 amide bonds. The van der Waals surface area contributed by atoms with E-state index in [-0.39, 0.29) is 0 Å². The van der Waals surface area contributed by atoms with Gasteiger partial charge in [0.05, 0.1) is 5.69 Å². The Morgan fingerprint density at radius 2 is 1.14 bits per heavy atom. The van der Waals surface area contributed by atoms with Crippen molar-refractivity contribution < 1.29 is 4.42 Å². The minimum absolute atomic E-state index is 0.415. The van der Waals surface area contributed by atoms with Gasteiger partial charge in [-0.25, -0.2) is 9.97 Å². The highest BCUT2D eigenvalue weighted by atomic mass is 35.5. The zero-order chi connectivity index (χ0) is 30.6. The average molecular weight is 530 g/mol. The quantitative estimate of drug-likeness (QED) is 0.214. The number of fused-ring (bicyclic) bond motifs is 3. The lowest BCUT2D eigenvalue weighted by molar-refractivity contribution is 0.669. The van der Waals surface area contributed by atoms with Gasteiger partial charge in [-0.15, -0.1) is 0 Å². The monoisotopic (exact) mass is 532 g/mol. The first-order valence-corrected chi connectivity index (χ1v) is 13.7. The number of rotatable bonds is 8. The molecule has 0 saturated carbocycles. The van der Waals surface area contributed by atoms with E-state index in [1.807, 2.05) is 60.7 Å². The Balaban J connectivity index is 0.000000221. The first-order valence-electron chi connectivity index (χ1n) is 13.3. The molecule has 0 saturated heterocycles. The van der Waals surface area contributed by atoms with Crippen LogP contribution in [0.25, 0.3) is 44.6 Å². The van der Waals surface area contributed by atoms with Gasteiger partial charge in [-0.2, -0.15) is 0 Å². The number of para-hydroxylation sites is 1. The van der Waals surface area contributed by atoms with Gasteiger partial charge in [0.1, 0.15) is 16.3 Å². The minimum atomic E-state index is -0.807. The lowest BCUT2D eigenvalue weighted by Gasteiger charge is -2.37. The number of benzene rings is 3. The Hall–Kier alpha value is -2.13. The van der Waals surface area contributed by atoms with Crippen LogP contribution in [0.4, 0.5) is 0 Å². The molecule has 3 aromatic carbocycles. The summed E-state index contributed by atoms with van der Waals surface area (Å²) in [4.78, 5) is 9.06. The maximum Gasteiger partial charge on any atom is 0.161 e. The van der Waals surface area contributed by atoms with E-state index >= 15 is 0 Å². The Morgan fingerprint density at radius 3 is 1.76 bits per heavy atom. The third-order valence-electron chi connectivity index (χ3n) is 7.07. The standard InChI is InChI=1S/C22H13ClN2O.B16/c23-21-13-18(24-22(25-21)14-6-2-1-3-7-14)15-10-11-17-16-8-4-5-9-19(16)26-20(17)12-15;1-10(2)14(9)16(13(7)8)15(11(3)4)12(5)6/h1-13H;. The molecule has 5 aromatic rings. The lowest BCUT2D eigenvalue weighted by atomic mass is 8.44. The van der Waals surface area contributed by atoms with E-state index < -0.39 is 44.7 Å². The molecule has 18 radical (unpaired) electrons. The fourth-order valence-electron chi connectivity index (χ4n) is 4.96. The summed E-state index contributed by atoms with van der Waals surface area (Å²) in [7, 11) is 50.4. The molecular formula is C22H13B16ClN2O. The van der Waals surface area contributed by atoms with Gasteiger partial charge in [0.2, 0.25) is 0 Å². The van der Waals surface area contributed by atoms with Gasteiger partial charge in [0.25, 0.3) is 0 Å². The smallest absolute Gasteiger partial charge is 0.161 e. The number of halogens is 1. The highest BCUT2D eigenvalue weighted by Crippen LogP contribution is 2.32. The molecule has 0 aliphatic heterocycles. The summed E-state index contributed by atoms with van der Waals surface area (Å²) in [6.45, 7) is 0. The summed E-state index contributed by atoms with van der Waals surface area (Å²) >= 11 is 6.26. The van der Waals surface area contributed by atoms with Crippen LogP contribution in [0.5, 0.6) is 0 Å². The Morgan fingerprint density at radius 1 is 0.548 bits per heavy atom. The summed E-state index contributed by atoms with van der Waals surface area (Å²) in [6, 6.07) is 25.7. The van der Waals surface area contributed by atoms with Crippen molar-refractivity contribution in [2.24, 2.45) is 0 Å². The van der Waals surface area contributed by atoms with Crippen LogP contribution in [-0.2, 0) is 0 Å². The van der Waals surface area contributed by atoms with E-state index in [1.54, 1.807) is 6.07 Å². The highest BCUT2D eigenvalue weighted by Gasteiger charge is 2.38. The molecule has 42 heavy (non-hydrogen) atoms. The molecule has 0 bridgehead atoms. The molecule has 0 spiro atoms. The van der Waals surface area contributed by atoms with Gasteiger partial charge < -0.3 is 4.42 Å². The number of hydrogen-bond donors (Lipinski definition) is 0. The Labute approximate surface area is 267 Å². The molecule has 0 aliphatic carbocycles. The van der Waals surface area contributed by atoms with E-state index in [0.717, 1.165) is 38.8 Å². The molecule has 0 fully saturated rings. The van der Waals surface area contributed by atoms with E-state index in [9.17, 15) is 0 Å². The molecule has 0 aliphatic rings. The molecule has 5 rings (SSSR count). The molecule has 0 unspecified atom stereocenters. The first kappa shape index (κ1) is 32.8. The van der Waals surface area contributed by atoms with Crippen LogP contribution in [0.1, 0.15) is 0 Å². The number of aromatic nitrogens is 2. The highest BCUT2D eigenvalue weighted by molar-refractivity contribution is 8.13. The first-order chi connectivity index (χ1) is 20.0. The summed E-state index contributed by atoms with van der Waals surface area (Å²) < 4.78 is 5.98. The molecule has 2 aromatic heterocycles. The van der Waals surface area contributed by atoms with Gasteiger partial charge in [-0.3, -0.25) is 0 Å². The third kappa shape index (κ3) is 7.68. The lowest BCUT2D eigenvalue weighted by Crippen LogP contribution is -2.75. The van der Waals surface area contributed by atoms with E-state index in [0.29, 0.717) is 11.0 Å². The molecule has 2 heterocycles. The largest absolute Gasteiger partial charge is 0.456 e.